The quantitative estimate of drug-likeness (QED) is 0.441. The molecule has 1 N–H and O–H groups in total. The lowest BCUT2D eigenvalue weighted by molar-refractivity contribution is -0.123. The van der Waals surface area contributed by atoms with Crippen LogP contribution in [-0.2, 0) is 17.9 Å². The van der Waals surface area contributed by atoms with Gasteiger partial charge in [0, 0.05) is 0 Å². The van der Waals surface area contributed by atoms with Gasteiger partial charge in [-0.1, -0.05) is 48.5 Å². The summed E-state index contributed by atoms with van der Waals surface area (Å²) in [6, 6.07) is 20.1. The number of benzene rings is 3. The number of nitrogens with zero attached hydrogens (tertiary/aromatic N) is 1. The van der Waals surface area contributed by atoms with Gasteiger partial charge in [0.15, 0.2) is 11.5 Å². The summed E-state index contributed by atoms with van der Waals surface area (Å²) >= 11 is 0. The van der Waals surface area contributed by atoms with E-state index in [0.29, 0.717) is 22.6 Å². The molecule has 0 bridgehead atoms. The van der Waals surface area contributed by atoms with Crippen molar-refractivity contribution < 1.29 is 23.5 Å². The number of hydrogen-bond acceptors (Lipinski definition) is 4. The van der Waals surface area contributed by atoms with Gasteiger partial charge in [0.1, 0.15) is 18.1 Å². The molecule has 0 aliphatic carbocycles. The van der Waals surface area contributed by atoms with E-state index in [1.54, 1.807) is 36.4 Å². The maximum Gasteiger partial charge on any atom is 0.329 e. The van der Waals surface area contributed by atoms with Crippen LogP contribution >= 0.6 is 0 Å². The molecule has 1 aliphatic heterocycles. The Labute approximate surface area is 184 Å². The fourth-order valence-corrected chi connectivity index (χ4v) is 3.33. The predicted molar refractivity (Wildman–Crippen MR) is 117 cm³/mol. The lowest BCUT2D eigenvalue weighted by atomic mass is 10.1. The first-order chi connectivity index (χ1) is 15.5. The van der Waals surface area contributed by atoms with Crippen LogP contribution in [0.15, 0.2) is 78.5 Å². The van der Waals surface area contributed by atoms with Gasteiger partial charge in [-0.3, -0.25) is 9.69 Å². The topological polar surface area (TPSA) is 67.9 Å². The third-order valence-corrected chi connectivity index (χ3v) is 4.93. The van der Waals surface area contributed by atoms with Gasteiger partial charge in [-0.2, -0.15) is 0 Å². The van der Waals surface area contributed by atoms with Crippen molar-refractivity contribution in [2.75, 3.05) is 7.11 Å². The van der Waals surface area contributed by atoms with E-state index in [1.165, 1.54) is 19.2 Å². The fourth-order valence-electron chi connectivity index (χ4n) is 3.33. The van der Waals surface area contributed by atoms with Crippen molar-refractivity contribution in [1.82, 2.24) is 10.2 Å². The van der Waals surface area contributed by atoms with Crippen LogP contribution in [0.2, 0.25) is 0 Å². The zero-order valence-corrected chi connectivity index (χ0v) is 17.4. The number of halogens is 1. The molecular formula is C25H21FN2O4. The predicted octanol–water partition coefficient (Wildman–Crippen LogP) is 4.51. The summed E-state index contributed by atoms with van der Waals surface area (Å²) in [7, 11) is 1.51. The molecule has 1 heterocycles. The highest BCUT2D eigenvalue weighted by Gasteiger charge is 2.33. The lowest BCUT2D eigenvalue weighted by Gasteiger charge is -2.12. The fraction of sp³-hybridized carbons (Fsp3) is 0.120. The first-order valence-corrected chi connectivity index (χ1v) is 9.97. The Morgan fingerprint density at radius 3 is 2.47 bits per heavy atom. The SMILES string of the molecule is COc1cc(/C=C2/NC(=O)N(Cc3ccccc3)C2=O)ccc1OCc1cccc(F)c1. The van der Waals surface area contributed by atoms with Crippen LogP contribution < -0.4 is 14.8 Å². The Balaban J connectivity index is 1.48. The number of ether oxygens (including phenoxy) is 2. The van der Waals surface area contributed by atoms with Gasteiger partial charge in [0.05, 0.1) is 13.7 Å². The highest BCUT2D eigenvalue weighted by Crippen LogP contribution is 2.30. The molecule has 1 aliphatic rings. The molecule has 0 aromatic heterocycles. The van der Waals surface area contributed by atoms with E-state index in [-0.39, 0.29) is 24.7 Å². The number of urea groups is 1. The Morgan fingerprint density at radius 1 is 0.938 bits per heavy atom. The highest BCUT2D eigenvalue weighted by molar-refractivity contribution is 6.13. The van der Waals surface area contributed by atoms with E-state index >= 15 is 0 Å². The average Bonchev–Trinajstić information content (AvgIpc) is 3.06. The monoisotopic (exact) mass is 432 g/mol. The number of amides is 3. The molecule has 6 nitrogen and oxygen atoms in total. The van der Waals surface area contributed by atoms with E-state index < -0.39 is 11.9 Å². The van der Waals surface area contributed by atoms with Crippen molar-refractivity contribution in [2.24, 2.45) is 0 Å². The van der Waals surface area contributed by atoms with Crippen molar-refractivity contribution in [3.63, 3.8) is 0 Å². The zero-order valence-electron chi connectivity index (χ0n) is 17.4. The molecule has 0 spiro atoms. The standard InChI is InChI=1S/C25H21FN2O4/c1-31-23-14-18(10-11-22(23)32-16-19-8-5-9-20(26)12-19)13-21-24(29)28(25(30)27-21)15-17-6-3-2-4-7-17/h2-14H,15-16H2,1H3,(H,27,30)/b21-13+. The minimum Gasteiger partial charge on any atom is -0.493 e. The van der Waals surface area contributed by atoms with Gasteiger partial charge in [-0.25, -0.2) is 9.18 Å². The summed E-state index contributed by atoms with van der Waals surface area (Å²) in [6.45, 7) is 0.372. The Morgan fingerprint density at radius 2 is 1.72 bits per heavy atom. The second-order valence-electron chi connectivity index (χ2n) is 7.19. The largest absolute Gasteiger partial charge is 0.493 e. The number of imide groups is 1. The zero-order chi connectivity index (χ0) is 22.5. The maximum absolute atomic E-state index is 13.3. The van der Waals surface area contributed by atoms with E-state index in [2.05, 4.69) is 5.32 Å². The maximum atomic E-state index is 13.3. The molecule has 162 valence electrons. The van der Waals surface area contributed by atoms with Gasteiger partial charge in [0.25, 0.3) is 5.91 Å². The van der Waals surface area contributed by atoms with Crippen LogP contribution in [0, 0.1) is 5.82 Å². The second-order valence-corrected chi connectivity index (χ2v) is 7.19. The molecule has 1 fully saturated rings. The van der Waals surface area contributed by atoms with Crippen molar-refractivity contribution in [3.8, 4) is 11.5 Å². The van der Waals surface area contributed by atoms with Crippen LogP contribution in [0.1, 0.15) is 16.7 Å². The van der Waals surface area contributed by atoms with Crippen molar-refractivity contribution in [1.29, 1.82) is 0 Å². The number of hydrogen-bond donors (Lipinski definition) is 1. The molecule has 0 unspecified atom stereocenters. The molecule has 7 heteroatoms. The summed E-state index contributed by atoms with van der Waals surface area (Å²) < 4.78 is 24.5. The number of nitrogens with one attached hydrogen (secondary N) is 1. The highest BCUT2D eigenvalue weighted by atomic mass is 19.1. The van der Waals surface area contributed by atoms with Crippen molar-refractivity contribution >= 4 is 18.0 Å². The third-order valence-electron chi connectivity index (χ3n) is 4.93. The Bertz CT molecular complexity index is 1180. The van der Waals surface area contributed by atoms with E-state index in [4.69, 9.17) is 9.47 Å². The van der Waals surface area contributed by atoms with E-state index in [9.17, 15) is 14.0 Å². The third kappa shape index (κ3) is 4.78. The van der Waals surface area contributed by atoms with E-state index in [0.717, 1.165) is 10.5 Å². The molecule has 3 aromatic rings. The first-order valence-electron chi connectivity index (χ1n) is 9.97. The Hall–Kier alpha value is -4.13. The number of methoxy groups -OCH3 is 1. The van der Waals surface area contributed by atoms with Gasteiger partial charge in [-0.15, -0.1) is 0 Å². The first kappa shape index (κ1) is 21.1. The normalized spacial score (nSPS) is 14.6. The molecule has 1 saturated heterocycles. The lowest BCUT2D eigenvalue weighted by Crippen LogP contribution is -2.30. The van der Waals surface area contributed by atoms with Crippen molar-refractivity contribution in [2.45, 2.75) is 13.2 Å². The van der Waals surface area contributed by atoms with Gasteiger partial charge < -0.3 is 14.8 Å². The Kier molecular flexibility index (Phi) is 6.17. The van der Waals surface area contributed by atoms with Crippen LogP contribution in [0.3, 0.4) is 0 Å². The average molecular weight is 432 g/mol. The summed E-state index contributed by atoms with van der Waals surface area (Å²) in [5.41, 5.74) is 2.39. The van der Waals surface area contributed by atoms with Crippen molar-refractivity contribution in [3.05, 3.63) is 101 Å². The molecule has 0 radical (unpaired) electrons. The minimum absolute atomic E-state index is 0.178. The van der Waals surface area contributed by atoms with Crippen LogP contribution in [0.5, 0.6) is 11.5 Å². The summed E-state index contributed by atoms with van der Waals surface area (Å²) in [5, 5.41) is 2.62. The van der Waals surface area contributed by atoms with Gasteiger partial charge in [-0.05, 0) is 47.0 Å². The smallest absolute Gasteiger partial charge is 0.329 e. The minimum atomic E-state index is -0.466. The second kappa shape index (κ2) is 9.34. The molecule has 32 heavy (non-hydrogen) atoms. The summed E-state index contributed by atoms with van der Waals surface area (Å²) in [5.74, 6) is 0.203. The number of carbonyl (C=O) groups is 2. The molecule has 4 rings (SSSR count). The van der Waals surface area contributed by atoms with Gasteiger partial charge in [0.2, 0.25) is 0 Å². The van der Waals surface area contributed by atoms with Crippen LogP contribution in [0.25, 0.3) is 6.08 Å². The molecule has 0 saturated carbocycles. The number of carbonyl (C=O) groups excluding carboxylic acids is 2. The summed E-state index contributed by atoms with van der Waals surface area (Å²) in [4.78, 5) is 26.2. The molecule has 3 amide bonds. The van der Waals surface area contributed by atoms with Gasteiger partial charge >= 0.3 is 6.03 Å². The van der Waals surface area contributed by atoms with Crippen LogP contribution in [0.4, 0.5) is 9.18 Å². The number of rotatable bonds is 7. The molecule has 3 aromatic carbocycles. The van der Waals surface area contributed by atoms with Crippen LogP contribution in [-0.4, -0.2) is 23.9 Å². The molecule has 0 atom stereocenters. The molecular weight excluding hydrogens is 411 g/mol. The van der Waals surface area contributed by atoms with E-state index in [1.807, 2.05) is 30.3 Å². The summed E-state index contributed by atoms with van der Waals surface area (Å²) in [6.07, 6.45) is 1.59.